The second kappa shape index (κ2) is 5.47. The summed E-state index contributed by atoms with van der Waals surface area (Å²) in [6.45, 7) is 6.68. The van der Waals surface area contributed by atoms with Crippen molar-refractivity contribution in [1.82, 2.24) is 9.97 Å². The first kappa shape index (κ1) is 13.2. The highest BCUT2D eigenvalue weighted by Crippen LogP contribution is 2.22. The monoisotopic (exact) mass is 237 g/mol. The molecule has 3 N–H and O–H groups in total. The number of aryl methyl sites for hydroxylation is 1. The molecule has 0 fully saturated rings. The van der Waals surface area contributed by atoms with Gasteiger partial charge in [-0.1, -0.05) is 0 Å². The number of anilines is 2. The Balaban J connectivity index is 3.09. The van der Waals surface area contributed by atoms with Gasteiger partial charge in [-0.25, -0.2) is 9.97 Å². The largest absolute Gasteiger partial charge is 0.370 e. The first-order chi connectivity index (χ1) is 7.95. The number of nitrogens with one attached hydrogen (secondary N) is 1. The van der Waals surface area contributed by atoms with E-state index in [1.165, 1.54) is 0 Å². The lowest BCUT2D eigenvalue weighted by Crippen LogP contribution is -2.32. The van der Waals surface area contributed by atoms with E-state index in [-0.39, 0.29) is 12.5 Å². The van der Waals surface area contributed by atoms with Crippen molar-refractivity contribution in [1.29, 1.82) is 0 Å². The minimum Gasteiger partial charge on any atom is -0.370 e. The van der Waals surface area contributed by atoms with Crippen LogP contribution in [-0.4, -0.2) is 36.0 Å². The van der Waals surface area contributed by atoms with Crippen molar-refractivity contribution in [2.75, 3.05) is 30.4 Å². The molecular weight excluding hydrogens is 218 g/mol. The molecule has 6 nitrogen and oxygen atoms in total. The van der Waals surface area contributed by atoms with Gasteiger partial charge >= 0.3 is 0 Å². The molecule has 94 valence electrons. The third-order valence-corrected chi connectivity index (χ3v) is 2.33. The molecule has 6 heteroatoms. The maximum absolute atomic E-state index is 10.9. The Hall–Kier alpha value is -1.85. The fourth-order valence-electron chi connectivity index (χ4n) is 1.63. The number of hydrogen-bond acceptors (Lipinski definition) is 5. The van der Waals surface area contributed by atoms with Crippen LogP contribution in [0.15, 0.2) is 0 Å². The van der Waals surface area contributed by atoms with E-state index in [2.05, 4.69) is 15.3 Å². The molecule has 0 spiro atoms. The highest BCUT2D eigenvalue weighted by molar-refractivity contribution is 5.79. The van der Waals surface area contributed by atoms with Crippen molar-refractivity contribution in [2.24, 2.45) is 5.73 Å². The van der Waals surface area contributed by atoms with Gasteiger partial charge in [0.05, 0.1) is 6.54 Å². The summed E-state index contributed by atoms with van der Waals surface area (Å²) in [5, 5.41) is 3.17. The van der Waals surface area contributed by atoms with Crippen LogP contribution in [0.1, 0.15) is 18.3 Å². The predicted molar refractivity (Wildman–Crippen MR) is 68.1 cm³/mol. The normalized spacial score (nSPS) is 10.1. The highest BCUT2D eigenvalue weighted by Gasteiger charge is 2.13. The van der Waals surface area contributed by atoms with E-state index in [0.717, 1.165) is 23.7 Å². The van der Waals surface area contributed by atoms with Crippen molar-refractivity contribution >= 4 is 17.5 Å². The molecule has 0 unspecified atom stereocenters. The first-order valence-electron chi connectivity index (χ1n) is 5.54. The number of carbonyl (C=O) groups is 1. The van der Waals surface area contributed by atoms with Crippen molar-refractivity contribution in [3.63, 3.8) is 0 Å². The van der Waals surface area contributed by atoms with Crippen LogP contribution in [-0.2, 0) is 4.79 Å². The maximum Gasteiger partial charge on any atom is 0.236 e. The number of primary amides is 1. The minimum absolute atomic E-state index is 0.142. The Morgan fingerprint density at radius 3 is 2.59 bits per heavy atom. The fraction of sp³-hybridized carbons (Fsp3) is 0.545. The zero-order valence-electron chi connectivity index (χ0n) is 10.7. The average Bonchev–Trinajstić information content (AvgIpc) is 2.22. The molecule has 0 saturated carbocycles. The Morgan fingerprint density at radius 2 is 2.06 bits per heavy atom. The number of nitrogens with two attached hydrogens (primary N) is 1. The molecular formula is C11H19N5O. The van der Waals surface area contributed by atoms with Crippen molar-refractivity contribution in [2.45, 2.75) is 20.8 Å². The van der Waals surface area contributed by atoms with Crippen LogP contribution >= 0.6 is 0 Å². The van der Waals surface area contributed by atoms with Gasteiger partial charge in [0.2, 0.25) is 5.91 Å². The molecule has 1 amide bonds. The van der Waals surface area contributed by atoms with Crippen molar-refractivity contribution in [3.8, 4) is 0 Å². The molecule has 0 aliphatic carbocycles. The van der Waals surface area contributed by atoms with Crippen LogP contribution in [0.25, 0.3) is 0 Å². The molecule has 0 atom stereocenters. The Morgan fingerprint density at radius 1 is 1.41 bits per heavy atom. The predicted octanol–water partition coefficient (Wildman–Crippen LogP) is 0.447. The van der Waals surface area contributed by atoms with Crippen LogP contribution in [0.4, 0.5) is 11.6 Å². The lowest BCUT2D eigenvalue weighted by molar-refractivity contribution is -0.116. The van der Waals surface area contributed by atoms with E-state index in [0.29, 0.717) is 5.82 Å². The van der Waals surface area contributed by atoms with Crippen LogP contribution < -0.4 is 16.0 Å². The number of aromatic nitrogens is 2. The van der Waals surface area contributed by atoms with E-state index < -0.39 is 0 Å². The molecule has 17 heavy (non-hydrogen) atoms. The SMILES string of the molecule is CCNc1nc(C)nc(N(C)CC(N)=O)c1C. The number of amides is 1. The molecule has 0 aliphatic rings. The Labute approximate surface area is 101 Å². The zero-order chi connectivity index (χ0) is 13.0. The van der Waals surface area contributed by atoms with Crippen LogP contribution in [0.3, 0.4) is 0 Å². The standard InChI is InChI=1S/C11H19N5O/c1-5-13-10-7(2)11(15-8(3)14-10)16(4)6-9(12)17/h5-6H2,1-4H3,(H2,12,17)(H,13,14,15). The Kier molecular flexibility index (Phi) is 4.25. The van der Waals surface area contributed by atoms with E-state index in [1.807, 2.05) is 20.8 Å². The van der Waals surface area contributed by atoms with Gasteiger partial charge in [-0.05, 0) is 20.8 Å². The molecule has 1 aromatic rings. The summed E-state index contributed by atoms with van der Waals surface area (Å²) >= 11 is 0. The summed E-state index contributed by atoms with van der Waals surface area (Å²) in [6, 6.07) is 0. The molecule has 0 aliphatic heterocycles. The van der Waals surface area contributed by atoms with E-state index in [1.54, 1.807) is 11.9 Å². The third kappa shape index (κ3) is 3.30. The van der Waals surface area contributed by atoms with Crippen molar-refractivity contribution < 1.29 is 4.79 Å². The molecule has 0 saturated heterocycles. The molecule has 0 bridgehead atoms. The smallest absolute Gasteiger partial charge is 0.236 e. The van der Waals surface area contributed by atoms with Crippen LogP contribution in [0.2, 0.25) is 0 Å². The minimum atomic E-state index is -0.381. The molecule has 0 radical (unpaired) electrons. The zero-order valence-corrected chi connectivity index (χ0v) is 10.7. The van der Waals surface area contributed by atoms with Gasteiger partial charge < -0.3 is 16.0 Å². The summed E-state index contributed by atoms with van der Waals surface area (Å²) < 4.78 is 0. The highest BCUT2D eigenvalue weighted by atomic mass is 16.1. The number of carbonyl (C=O) groups excluding carboxylic acids is 1. The Bertz CT molecular complexity index is 419. The van der Waals surface area contributed by atoms with Gasteiger partial charge in [0.15, 0.2) is 0 Å². The van der Waals surface area contributed by atoms with Crippen molar-refractivity contribution in [3.05, 3.63) is 11.4 Å². The van der Waals surface area contributed by atoms with E-state index in [9.17, 15) is 4.79 Å². The second-order valence-electron chi connectivity index (χ2n) is 3.92. The number of nitrogens with zero attached hydrogens (tertiary/aromatic N) is 3. The fourth-order valence-corrected chi connectivity index (χ4v) is 1.63. The number of hydrogen-bond donors (Lipinski definition) is 2. The molecule has 1 aromatic heterocycles. The van der Waals surface area contributed by atoms with Crippen LogP contribution in [0, 0.1) is 13.8 Å². The van der Waals surface area contributed by atoms with Gasteiger partial charge in [-0.2, -0.15) is 0 Å². The van der Waals surface area contributed by atoms with Gasteiger partial charge in [-0.15, -0.1) is 0 Å². The average molecular weight is 237 g/mol. The van der Waals surface area contributed by atoms with Crippen LogP contribution in [0.5, 0.6) is 0 Å². The summed E-state index contributed by atoms with van der Waals surface area (Å²) in [5.41, 5.74) is 6.09. The molecule has 1 rings (SSSR count). The molecule has 0 aromatic carbocycles. The number of likely N-dealkylation sites (N-methyl/N-ethyl adjacent to an activating group) is 1. The number of rotatable bonds is 5. The van der Waals surface area contributed by atoms with Gasteiger partial charge in [-0.3, -0.25) is 4.79 Å². The second-order valence-corrected chi connectivity index (χ2v) is 3.92. The lowest BCUT2D eigenvalue weighted by atomic mass is 10.2. The van der Waals surface area contributed by atoms with Gasteiger partial charge in [0, 0.05) is 19.2 Å². The first-order valence-corrected chi connectivity index (χ1v) is 5.54. The summed E-state index contributed by atoms with van der Waals surface area (Å²) in [6.07, 6.45) is 0. The summed E-state index contributed by atoms with van der Waals surface area (Å²) in [7, 11) is 1.79. The van der Waals surface area contributed by atoms with Gasteiger partial charge in [0.1, 0.15) is 17.5 Å². The lowest BCUT2D eigenvalue weighted by Gasteiger charge is -2.20. The van der Waals surface area contributed by atoms with Gasteiger partial charge in [0.25, 0.3) is 0 Å². The summed E-state index contributed by atoms with van der Waals surface area (Å²) in [5.74, 6) is 1.81. The quantitative estimate of drug-likeness (QED) is 0.776. The maximum atomic E-state index is 10.9. The van der Waals surface area contributed by atoms with E-state index >= 15 is 0 Å². The topological polar surface area (TPSA) is 84.1 Å². The van der Waals surface area contributed by atoms with E-state index in [4.69, 9.17) is 5.73 Å². The third-order valence-electron chi connectivity index (χ3n) is 2.33. The molecule has 1 heterocycles. The summed E-state index contributed by atoms with van der Waals surface area (Å²) in [4.78, 5) is 21.3.